The first-order valence-corrected chi connectivity index (χ1v) is 10.5. The van der Waals surface area contributed by atoms with Crippen molar-refractivity contribution >= 4 is 45.7 Å². The Morgan fingerprint density at radius 2 is 1.90 bits per heavy atom. The minimum absolute atomic E-state index is 0.283. The molecule has 4 rings (SSSR count). The fraction of sp³-hybridized carbons (Fsp3) is 0.364. The van der Waals surface area contributed by atoms with Crippen LogP contribution in [0.5, 0.6) is 5.75 Å². The number of nitrogens with one attached hydrogen (secondary N) is 1. The molecule has 0 unspecified atom stereocenters. The van der Waals surface area contributed by atoms with Crippen molar-refractivity contribution in [2.45, 2.75) is 38.6 Å². The number of carbonyl (C=O) groups is 1. The van der Waals surface area contributed by atoms with Crippen LogP contribution in [0, 0.1) is 5.92 Å². The van der Waals surface area contributed by atoms with E-state index >= 15 is 0 Å². The Morgan fingerprint density at radius 3 is 2.59 bits per heavy atom. The maximum Gasteiger partial charge on any atom is 0.255 e. The fourth-order valence-electron chi connectivity index (χ4n) is 3.86. The van der Waals surface area contributed by atoms with Crippen LogP contribution < -0.4 is 10.1 Å². The van der Waals surface area contributed by atoms with Crippen molar-refractivity contribution in [3.05, 3.63) is 52.1 Å². The number of rotatable bonds is 4. The third kappa shape index (κ3) is 4.21. The van der Waals surface area contributed by atoms with Gasteiger partial charge in [0.1, 0.15) is 5.75 Å². The molecule has 5 nitrogen and oxygen atoms in total. The summed E-state index contributed by atoms with van der Waals surface area (Å²) < 4.78 is 7.56. The molecule has 0 atom stereocenters. The largest absolute Gasteiger partial charge is 0.494 e. The molecule has 1 aliphatic carbocycles. The van der Waals surface area contributed by atoms with Crippen molar-refractivity contribution in [2.75, 3.05) is 12.4 Å². The second kappa shape index (κ2) is 8.25. The van der Waals surface area contributed by atoms with E-state index in [0.29, 0.717) is 33.1 Å². The minimum Gasteiger partial charge on any atom is -0.494 e. The number of ether oxygens (including phenoxy) is 1. The molecule has 1 saturated carbocycles. The topological polar surface area (TPSA) is 56.1 Å². The second-order valence-corrected chi connectivity index (χ2v) is 8.53. The molecular formula is C22H23Cl2N3O2. The van der Waals surface area contributed by atoms with Crippen LogP contribution >= 0.6 is 23.2 Å². The Kier molecular flexibility index (Phi) is 5.70. The number of carbonyl (C=O) groups excluding carboxylic acids is 1. The fourth-order valence-corrected chi connectivity index (χ4v) is 4.16. The Morgan fingerprint density at radius 1 is 1.14 bits per heavy atom. The molecule has 2 aromatic carbocycles. The molecule has 0 spiro atoms. The standard InChI is InChI=1S/C22H23Cl2N3O2/c1-13-3-6-16(7-4-13)27-12-15-10-20(21(29-2)11-19(15)26-27)25-22(28)14-5-8-17(23)18(24)9-14/h5,8-13,16H,3-4,6-7H2,1-2H3,(H,25,28). The molecule has 0 radical (unpaired) electrons. The molecule has 1 fully saturated rings. The zero-order valence-corrected chi connectivity index (χ0v) is 17.9. The number of benzene rings is 2. The summed E-state index contributed by atoms with van der Waals surface area (Å²) in [7, 11) is 1.58. The third-order valence-corrected chi connectivity index (χ3v) is 6.37. The minimum atomic E-state index is -0.283. The lowest BCUT2D eigenvalue weighted by Gasteiger charge is -2.26. The molecule has 3 aromatic rings. The molecule has 1 aliphatic rings. The lowest BCUT2D eigenvalue weighted by Crippen LogP contribution is -2.16. The Hall–Kier alpha value is -2.24. The number of amides is 1. The van der Waals surface area contributed by atoms with E-state index in [1.807, 2.05) is 12.1 Å². The van der Waals surface area contributed by atoms with Gasteiger partial charge < -0.3 is 10.1 Å². The van der Waals surface area contributed by atoms with Crippen LogP contribution in [-0.2, 0) is 0 Å². The first-order valence-electron chi connectivity index (χ1n) is 9.78. The SMILES string of the molecule is COc1cc2nn(C3CCC(C)CC3)cc2cc1NC(=O)c1ccc(Cl)c(Cl)c1. The number of hydrogen-bond donors (Lipinski definition) is 1. The van der Waals surface area contributed by atoms with Gasteiger partial charge in [0.2, 0.25) is 0 Å². The predicted molar refractivity (Wildman–Crippen MR) is 117 cm³/mol. The van der Waals surface area contributed by atoms with Crippen molar-refractivity contribution < 1.29 is 9.53 Å². The average Bonchev–Trinajstić information content (AvgIpc) is 3.12. The normalized spacial score (nSPS) is 19.3. The van der Waals surface area contributed by atoms with Gasteiger partial charge in [-0.15, -0.1) is 0 Å². The van der Waals surface area contributed by atoms with Gasteiger partial charge in [-0.05, 0) is 55.9 Å². The highest BCUT2D eigenvalue weighted by molar-refractivity contribution is 6.42. The monoisotopic (exact) mass is 431 g/mol. The molecule has 1 N–H and O–H groups in total. The van der Waals surface area contributed by atoms with Crippen molar-refractivity contribution in [1.29, 1.82) is 0 Å². The van der Waals surface area contributed by atoms with Crippen LogP contribution in [0.15, 0.2) is 36.5 Å². The summed E-state index contributed by atoms with van der Waals surface area (Å²) in [5.41, 5.74) is 1.87. The van der Waals surface area contributed by atoms with E-state index in [-0.39, 0.29) is 5.91 Å². The highest BCUT2D eigenvalue weighted by Crippen LogP contribution is 2.35. The molecule has 0 saturated heterocycles. The summed E-state index contributed by atoms with van der Waals surface area (Å²) >= 11 is 12.0. The van der Waals surface area contributed by atoms with Crippen LogP contribution in [0.4, 0.5) is 5.69 Å². The Bertz CT molecular complexity index is 1060. The summed E-state index contributed by atoms with van der Waals surface area (Å²) in [4.78, 5) is 12.7. The van der Waals surface area contributed by atoms with Crippen molar-refractivity contribution in [1.82, 2.24) is 9.78 Å². The summed E-state index contributed by atoms with van der Waals surface area (Å²) in [5, 5.41) is 9.38. The number of fused-ring (bicyclic) bond motifs is 1. The highest BCUT2D eigenvalue weighted by Gasteiger charge is 2.21. The maximum absolute atomic E-state index is 12.7. The van der Waals surface area contributed by atoms with Gasteiger partial charge in [0.25, 0.3) is 5.91 Å². The molecule has 1 amide bonds. The first kappa shape index (κ1) is 20.0. The van der Waals surface area contributed by atoms with E-state index in [9.17, 15) is 4.79 Å². The van der Waals surface area contributed by atoms with Crippen LogP contribution in [-0.4, -0.2) is 22.8 Å². The van der Waals surface area contributed by atoms with Gasteiger partial charge in [0.15, 0.2) is 0 Å². The van der Waals surface area contributed by atoms with Crippen LogP contribution in [0.3, 0.4) is 0 Å². The number of halogens is 2. The maximum atomic E-state index is 12.7. The second-order valence-electron chi connectivity index (χ2n) is 7.72. The molecule has 1 heterocycles. The zero-order chi connectivity index (χ0) is 20.5. The van der Waals surface area contributed by atoms with Crippen LogP contribution in [0.1, 0.15) is 49.0 Å². The quantitative estimate of drug-likeness (QED) is 0.522. The Labute approximate surface area is 179 Å². The van der Waals surface area contributed by atoms with E-state index in [1.165, 1.54) is 12.8 Å². The smallest absolute Gasteiger partial charge is 0.255 e. The Balaban J connectivity index is 1.61. The van der Waals surface area contributed by atoms with E-state index in [4.69, 9.17) is 33.0 Å². The number of hydrogen-bond acceptors (Lipinski definition) is 3. The van der Waals surface area contributed by atoms with Gasteiger partial charge in [0, 0.05) is 23.2 Å². The van der Waals surface area contributed by atoms with Gasteiger partial charge in [0.05, 0.1) is 34.4 Å². The lowest BCUT2D eigenvalue weighted by atomic mass is 9.87. The van der Waals surface area contributed by atoms with Crippen molar-refractivity contribution in [3.8, 4) is 5.75 Å². The molecule has 29 heavy (non-hydrogen) atoms. The molecule has 0 bridgehead atoms. The van der Waals surface area contributed by atoms with Gasteiger partial charge in [-0.3, -0.25) is 9.48 Å². The third-order valence-electron chi connectivity index (χ3n) is 5.63. The predicted octanol–water partition coefficient (Wildman–Crippen LogP) is 6.36. The van der Waals surface area contributed by atoms with Gasteiger partial charge in [-0.2, -0.15) is 5.10 Å². The molecule has 0 aliphatic heterocycles. The number of nitrogens with zero attached hydrogens (tertiary/aromatic N) is 2. The highest BCUT2D eigenvalue weighted by atomic mass is 35.5. The van der Waals surface area contributed by atoms with Gasteiger partial charge in [-0.25, -0.2) is 0 Å². The molecule has 7 heteroatoms. The van der Waals surface area contributed by atoms with Gasteiger partial charge >= 0.3 is 0 Å². The van der Waals surface area contributed by atoms with Crippen molar-refractivity contribution in [3.63, 3.8) is 0 Å². The summed E-state index contributed by atoms with van der Waals surface area (Å²) in [5.74, 6) is 1.07. The number of anilines is 1. The zero-order valence-electron chi connectivity index (χ0n) is 16.4. The summed E-state index contributed by atoms with van der Waals surface area (Å²) in [6, 6.07) is 8.98. The summed E-state index contributed by atoms with van der Waals surface area (Å²) in [6.45, 7) is 2.31. The van der Waals surface area contributed by atoms with E-state index in [2.05, 4.69) is 23.1 Å². The summed E-state index contributed by atoms with van der Waals surface area (Å²) in [6.07, 6.45) is 6.81. The van der Waals surface area contributed by atoms with Crippen molar-refractivity contribution in [2.24, 2.45) is 5.92 Å². The van der Waals surface area contributed by atoms with E-state index in [0.717, 1.165) is 29.7 Å². The van der Waals surface area contributed by atoms with Crippen LogP contribution in [0.2, 0.25) is 10.0 Å². The van der Waals surface area contributed by atoms with Gasteiger partial charge in [-0.1, -0.05) is 30.1 Å². The molecular weight excluding hydrogens is 409 g/mol. The molecule has 1 aromatic heterocycles. The van der Waals surface area contributed by atoms with E-state index in [1.54, 1.807) is 25.3 Å². The van der Waals surface area contributed by atoms with E-state index < -0.39 is 0 Å². The number of methoxy groups -OCH3 is 1. The lowest BCUT2D eigenvalue weighted by molar-refractivity contribution is 0.102. The number of aromatic nitrogens is 2. The molecule has 152 valence electrons. The average molecular weight is 432 g/mol. The first-order chi connectivity index (χ1) is 13.9. The van der Waals surface area contributed by atoms with Crippen LogP contribution in [0.25, 0.3) is 10.9 Å².